The third-order valence-electron chi connectivity index (χ3n) is 3.13. The second-order valence-corrected chi connectivity index (χ2v) is 4.29. The van der Waals surface area contributed by atoms with Crippen molar-refractivity contribution in [2.75, 3.05) is 7.05 Å². The summed E-state index contributed by atoms with van der Waals surface area (Å²) < 4.78 is 2.08. The SMILES string of the molecule is CN1NC(C#N)=C(c2cc3ccccc3n2C)N1. The van der Waals surface area contributed by atoms with Crippen molar-refractivity contribution in [3.8, 4) is 6.07 Å². The molecule has 0 amide bonds. The van der Waals surface area contributed by atoms with Crippen LogP contribution in [0, 0.1) is 11.3 Å². The first kappa shape index (κ1) is 10.7. The van der Waals surface area contributed by atoms with E-state index in [0.717, 1.165) is 22.3 Å². The van der Waals surface area contributed by atoms with Gasteiger partial charge in [-0.05, 0) is 12.1 Å². The zero-order valence-electron chi connectivity index (χ0n) is 10.2. The summed E-state index contributed by atoms with van der Waals surface area (Å²) in [5.41, 5.74) is 9.56. The molecule has 0 aliphatic carbocycles. The number of benzene rings is 1. The molecule has 90 valence electrons. The molecule has 5 nitrogen and oxygen atoms in total. The van der Waals surface area contributed by atoms with Gasteiger partial charge in [-0.25, -0.2) is 0 Å². The van der Waals surface area contributed by atoms with Crippen molar-refractivity contribution in [3.63, 3.8) is 0 Å². The summed E-state index contributed by atoms with van der Waals surface area (Å²) in [5, 5.41) is 12.0. The second-order valence-electron chi connectivity index (χ2n) is 4.29. The van der Waals surface area contributed by atoms with E-state index in [1.54, 1.807) is 5.12 Å². The zero-order chi connectivity index (χ0) is 12.7. The van der Waals surface area contributed by atoms with Gasteiger partial charge in [-0.3, -0.25) is 10.9 Å². The largest absolute Gasteiger partial charge is 0.342 e. The van der Waals surface area contributed by atoms with Crippen molar-refractivity contribution in [1.29, 1.82) is 5.26 Å². The van der Waals surface area contributed by atoms with Gasteiger partial charge in [0.1, 0.15) is 11.8 Å². The maximum absolute atomic E-state index is 9.14. The topological polar surface area (TPSA) is 56.0 Å². The molecule has 0 unspecified atom stereocenters. The monoisotopic (exact) mass is 239 g/mol. The molecular weight excluding hydrogens is 226 g/mol. The van der Waals surface area contributed by atoms with Crippen LogP contribution in [0.2, 0.25) is 0 Å². The summed E-state index contributed by atoms with van der Waals surface area (Å²) in [5.74, 6) is 0. The Bertz CT molecular complexity index is 689. The minimum atomic E-state index is 0.531. The molecule has 0 saturated carbocycles. The summed E-state index contributed by atoms with van der Waals surface area (Å²) >= 11 is 0. The van der Waals surface area contributed by atoms with Gasteiger partial charge in [0.2, 0.25) is 0 Å². The van der Waals surface area contributed by atoms with Crippen LogP contribution >= 0.6 is 0 Å². The number of allylic oxidation sites excluding steroid dienone is 1. The van der Waals surface area contributed by atoms with Gasteiger partial charge in [-0.1, -0.05) is 18.2 Å². The molecule has 0 spiro atoms. The average molecular weight is 239 g/mol. The highest BCUT2D eigenvalue weighted by Crippen LogP contribution is 2.25. The number of nitriles is 1. The molecule has 0 saturated heterocycles. The van der Waals surface area contributed by atoms with E-state index >= 15 is 0 Å². The van der Waals surface area contributed by atoms with Gasteiger partial charge in [0.05, 0.1) is 5.69 Å². The molecule has 1 aliphatic rings. The van der Waals surface area contributed by atoms with Crippen LogP contribution in [0.3, 0.4) is 0 Å². The lowest BCUT2D eigenvalue weighted by atomic mass is 10.2. The fourth-order valence-electron chi connectivity index (χ4n) is 2.27. The molecule has 2 heterocycles. The predicted molar refractivity (Wildman–Crippen MR) is 69.5 cm³/mol. The molecule has 2 aromatic rings. The number of hydrazine groups is 2. The van der Waals surface area contributed by atoms with Crippen molar-refractivity contribution in [1.82, 2.24) is 20.5 Å². The average Bonchev–Trinajstić information content (AvgIpc) is 2.91. The lowest BCUT2D eigenvalue weighted by Crippen LogP contribution is -2.35. The summed E-state index contributed by atoms with van der Waals surface area (Å²) in [4.78, 5) is 0. The lowest BCUT2D eigenvalue weighted by molar-refractivity contribution is 0.247. The van der Waals surface area contributed by atoms with Crippen molar-refractivity contribution >= 4 is 16.6 Å². The maximum atomic E-state index is 9.14. The minimum absolute atomic E-state index is 0.531. The summed E-state index contributed by atoms with van der Waals surface area (Å²) in [6.45, 7) is 0. The Balaban J connectivity index is 2.21. The fourth-order valence-corrected chi connectivity index (χ4v) is 2.27. The molecule has 0 bridgehead atoms. The minimum Gasteiger partial charge on any atom is -0.342 e. The number of fused-ring (bicyclic) bond motifs is 1. The third-order valence-corrected chi connectivity index (χ3v) is 3.13. The molecule has 3 rings (SSSR count). The van der Waals surface area contributed by atoms with Crippen LogP contribution in [0.1, 0.15) is 5.69 Å². The van der Waals surface area contributed by atoms with E-state index in [9.17, 15) is 0 Å². The van der Waals surface area contributed by atoms with Crippen LogP contribution in [0.25, 0.3) is 16.6 Å². The van der Waals surface area contributed by atoms with Gasteiger partial charge in [0.15, 0.2) is 5.70 Å². The lowest BCUT2D eigenvalue weighted by Gasteiger charge is -2.11. The zero-order valence-corrected chi connectivity index (χ0v) is 10.2. The molecule has 1 aromatic carbocycles. The van der Waals surface area contributed by atoms with Gasteiger partial charge in [-0.15, -0.1) is 5.12 Å². The van der Waals surface area contributed by atoms with Crippen molar-refractivity contribution in [2.24, 2.45) is 7.05 Å². The fraction of sp³-hybridized carbons (Fsp3) is 0.154. The molecule has 0 fully saturated rings. The van der Waals surface area contributed by atoms with Gasteiger partial charge < -0.3 is 4.57 Å². The number of rotatable bonds is 1. The number of para-hydroxylation sites is 1. The first-order valence-corrected chi connectivity index (χ1v) is 5.67. The van der Waals surface area contributed by atoms with Crippen LogP contribution < -0.4 is 10.9 Å². The Labute approximate surface area is 105 Å². The van der Waals surface area contributed by atoms with Crippen LogP contribution in [0.4, 0.5) is 0 Å². The Morgan fingerprint density at radius 2 is 1.94 bits per heavy atom. The summed E-state index contributed by atoms with van der Waals surface area (Å²) in [6.07, 6.45) is 0. The number of aromatic nitrogens is 1. The number of aryl methyl sites for hydroxylation is 1. The van der Waals surface area contributed by atoms with Crippen LogP contribution in [0.15, 0.2) is 36.0 Å². The van der Waals surface area contributed by atoms with Crippen LogP contribution in [-0.4, -0.2) is 16.7 Å². The van der Waals surface area contributed by atoms with E-state index in [0.29, 0.717) is 5.70 Å². The molecular formula is C13H13N5. The Morgan fingerprint density at radius 1 is 1.17 bits per heavy atom. The maximum Gasteiger partial charge on any atom is 0.156 e. The van der Waals surface area contributed by atoms with E-state index < -0.39 is 0 Å². The van der Waals surface area contributed by atoms with Crippen LogP contribution in [0.5, 0.6) is 0 Å². The standard InChI is InChI=1S/C13H13N5/c1-17-11-6-4-3-5-9(11)7-12(17)13-10(8-14)15-18(2)16-13/h3-7,15-16H,1-2H3. The first-order valence-electron chi connectivity index (χ1n) is 5.67. The quantitative estimate of drug-likeness (QED) is 0.788. The number of nitrogens with one attached hydrogen (secondary N) is 2. The third kappa shape index (κ3) is 1.44. The normalized spacial score (nSPS) is 15.6. The summed E-state index contributed by atoms with van der Waals surface area (Å²) in [7, 11) is 3.83. The van der Waals surface area contributed by atoms with Gasteiger partial charge >= 0.3 is 0 Å². The molecule has 18 heavy (non-hydrogen) atoms. The number of nitrogens with zero attached hydrogens (tertiary/aromatic N) is 3. The molecule has 0 radical (unpaired) electrons. The molecule has 5 heteroatoms. The Kier molecular flexibility index (Phi) is 2.25. The van der Waals surface area contributed by atoms with E-state index in [4.69, 9.17) is 5.26 Å². The Hall–Kier alpha value is -2.45. The number of hydrogen-bond acceptors (Lipinski definition) is 4. The Morgan fingerprint density at radius 3 is 2.67 bits per heavy atom. The molecule has 0 atom stereocenters. The molecule has 2 N–H and O–H groups in total. The first-order chi connectivity index (χ1) is 8.70. The highest BCUT2D eigenvalue weighted by molar-refractivity contribution is 5.86. The number of hydrogen-bond donors (Lipinski definition) is 2. The molecule has 1 aliphatic heterocycles. The van der Waals surface area contributed by atoms with E-state index in [-0.39, 0.29) is 0 Å². The predicted octanol–water partition coefficient (Wildman–Crippen LogP) is 1.33. The van der Waals surface area contributed by atoms with Crippen molar-refractivity contribution in [2.45, 2.75) is 0 Å². The second kappa shape index (κ2) is 3.79. The highest BCUT2D eigenvalue weighted by Gasteiger charge is 2.21. The van der Waals surface area contributed by atoms with Crippen molar-refractivity contribution < 1.29 is 0 Å². The van der Waals surface area contributed by atoms with Gasteiger partial charge in [0, 0.05) is 25.0 Å². The van der Waals surface area contributed by atoms with Gasteiger partial charge in [0.25, 0.3) is 0 Å². The summed E-state index contributed by atoms with van der Waals surface area (Å²) in [6, 6.07) is 12.4. The van der Waals surface area contributed by atoms with Gasteiger partial charge in [-0.2, -0.15) is 5.26 Å². The smallest absolute Gasteiger partial charge is 0.156 e. The van der Waals surface area contributed by atoms with Crippen molar-refractivity contribution in [3.05, 3.63) is 41.7 Å². The van der Waals surface area contributed by atoms with E-state index in [1.165, 1.54) is 0 Å². The highest BCUT2D eigenvalue weighted by atomic mass is 15.7. The van der Waals surface area contributed by atoms with Crippen LogP contribution in [-0.2, 0) is 7.05 Å². The van der Waals surface area contributed by atoms with E-state index in [1.807, 2.05) is 26.2 Å². The molecule has 1 aromatic heterocycles. The van der Waals surface area contributed by atoms with E-state index in [2.05, 4.69) is 39.7 Å².